The summed E-state index contributed by atoms with van der Waals surface area (Å²) >= 11 is 0. The van der Waals surface area contributed by atoms with Gasteiger partial charge in [-0.25, -0.2) is 0 Å². The van der Waals surface area contributed by atoms with Crippen molar-refractivity contribution < 1.29 is 24.5 Å². The Morgan fingerprint density at radius 3 is 1.66 bits per heavy atom. The first-order valence-corrected chi connectivity index (χ1v) is 22.1. The van der Waals surface area contributed by atoms with E-state index in [0.717, 1.165) is 83.5 Å². The molecule has 0 aromatic carbocycles. The van der Waals surface area contributed by atoms with Gasteiger partial charge in [-0.1, -0.05) is 184 Å². The molecule has 0 aliphatic heterocycles. The Kier molecular flexibility index (Phi) is 38.9. The molecule has 0 bridgehead atoms. The number of hydrogen-bond donors (Lipinski definition) is 3. The van der Waals surface area contributed by atoms with Gasteiger partial charge in [0.05, 0.1) is 25.2 Å². The lowest BCUT2D eigenvalue weighted by atomic mass is 10.0. The van der Waals surface area contributed by atoms with Gasteiger partial charge in [0.1, 0.15) is 6.10 Å². The smallest absolute Gasteiger partial charge is 0.306 e. The van der Waals surface area contributed by atoms with Crippen LogP contribution in [0, 0.1) is 0 Å². The van der Waals surface area contributed by atoms with Crippen molar-refractivity contribution in [3.05, 3.63) is 60.8 Å². The summed E-state index contributed by atoms with van der Waals surface area (Å²) < 4.78 is 5.85. The molecule has 53 heavy (non-hydrogen) atoms. The molecule has 0 aliphatic carbocycles. The van der Waals surface area contributed by atoms with Crippen molar-refractivity contribution in [2.75, 3.05) is 6.61 Å². The van der Waals surface area contributed by atoms with Gasteiger partial charge in [-0.15, -0.1) is 0 Å². The van der Waals surface area contributed by atoms with E-state index in [-0.39, 0.29) is 24.9 Å². The quantitative estimate of drug-likeness (QED) is 0.0253. The molecule has 0 fully saturated rings. The zero-order chi connectivity index (χ0) is 38.9. The minimum Gasteiger partial charge on any atom is -0.462 e. The van der Waals surface area contributed by atoms with Crippen LogP contribution < -0.4 is 5.32 Å². The molecule has 1 amide bonds. The number of unbranched alkanes of at least 4 members (excludes halogenated alkanes) is 19. The maximum absolute atomic E-state index is 13.1. The summed E-state index contributed by atoms with van der Waals surface area (Å²) in [5.41, 5.74) is 0. The monoisotopic (exact) mass is 742 g/mol. The van der Waals surface area contributed by atoms with E-state index < -0.39 is 18.2 Å². The highest BCUT2D eigenvalue weighted by Crippen LogP contribution is 2.17. The average Bonchev–Trinajstić information content (AvgIpc) is 3.15. The third kappa shape index (κ3) is 36.3. The van der Waals surface area contributed by atoms with Gasteiger partial charge >= 0.3 is 5.97 Å². The predicted octanol–water partition coefficient (Wildman–Crippen LogP) is 12.5. The third-order valence-corrected chi connectivity index (χ3v) is 9.68. The van der Waals surface area contributed by atoms with E-state index in [1.807, 2.05) is 30.4 Å². The van der Waals surface area contributed by atoms with Crippen LogP contribution in [0.3, 0.4) is 0 Å². The minimum absolute atomic E-state index is 0.0485. The number of allylic oxidation sites excluding steroid dienone is 10. The minimum atomic E-state index is -0.797. The maximum atomic E-state index is 13.1. The van der Waals surface area contributed by atoms with E-state index in [0.29, 0.717) is 19.3 Å². The Morgan fingerprint density at radius 1 is 0.566 bits per heavy atom. The summed E-state index contributed by atoms with van der Waals surface area (Å²) in [5.74, 6) is -0.544. The maximum Gasteiger partial charge on any atom is 0.306 e. The zero-order valence-corrected chi connectivity index (χ0v) is 34.6. The van der Waals surface area contributed by atoms with Gasteiger partial charge in [0.2, 0.25) is 5.91 Å². The molecule has 6 nitrogen and oxygen atoms in total. The van der Waals surface area contributed by atoms with E-state index >= 15 is 0 Å². The molecule has 0 aliphatic rings. The largest absolute Gasteiger partial charge is 0.462 e. The number of ether oxygens (including phenoxy) is 1. The Morgan fingerprint density at radius 2 is 1.06 bits per heavy atom. The lowest BCUT2D eigenvalue weighted by Crippen LogP contribution is -2.46. The number of aliphatic hydroxyl groups is 2. The second-order valence-corrected chi connectivity index (χ2v) is 14.8. The van der Waals surface area contributed by atoms with Crippen LogP contribution in [0.2, 0.25) is 0 Å². The van der Waals surface area contributed by atoms with Crippen molar-refractivity contribution in [2.45, 2.75) is 219 Å². The summed E-state index contributed by atoms with van der Waals surface area (Å²) in [4.78, 5) is 25.9. The van der Waals surface area contributed by atoms with E-state index in [4.69, 9.17) is 4.74 Å². The van der Waals surface area contributed by atoms with Gasteiger partial charge < -0.3 is 20.3 Å². The fourth-order valence-corrected chi connectivity index (χ4v) is 6.30. The topological polar surface area (TPSA) is 95.9 Å². The molecular formula is C47H83NO5. The summed E-state index contributed by atoms with van der Waals surface area (Å²) in [6.07, 6.45) is 48.5. The fourth-order valence-electron chi connectivity index (χ4n) is 6.30. The highest BCUT2D eigenvalue weighted by molar-refractivity contribution is 5.77. The number of amides is 1. The van der Waals surface area contributed by atoms with E-state index in [1.165, 1.54) is 70.6 Å². The van der Waals surface area contributed by atoms with Gasteiger partial charge in [0.15, 0.2) is 0 Å². The molecule has 0 spiro atoms. The zero-order valence-electron chi connectivity index (χ0n) is 34.6. The van der Waals surface area contributed by atoms with Crippen molar-refractivity contribution >= 4 is 11.9 Å². The van der Waals surface area contributed by atoms with Crippen molar-refractivity contribution in [2.24, 2.45) is 0 Å². The number of hydrogen-bond acceptors (Lipinski definition) is 5. The second kappa shape index (κ2) is 40.7. The SMILES string of the molecule is CC/C=C/C=C/C=C\C=C/CCCCCC(=O)OC(CCCCC/C=C\CCCC)CC(=O)NC(CO)C(O)CCCCCCCCCCCCCC. The number of nitrogens with one attached hydrogen (secondary N) is 1. The van der Waals surface area contributed by atoms with Gasteiger partial charge in [0.25, 0.3) is 0 Å². The Labute approximate surface area is 327 Å². The van der Waals surface area contributed by atoms with Crippen LogP contribution in [0.4, 0.5) is 0 Å². The second-order valence-electron chi connectivity index (χ2n) is 14.8. The van der Waals surface area contributed by atoms with Crippen LogP contribution in [0.15, 0.2) is 60.8 Å². The number of carbonyl (C=O) groups is 2. The van der Waals surface area contributed by atoms with Crippen molar-refractivity contribution in [1.29, 1.82) is 0 Å². The Bertz CT molecular complexity index is 968. The molecule has 3 N–H and O–H groups in total. The molecule has 0 heterocycles. The van der Waals surface area contributed by atoms with Crippen LogP contribution in [-0.2, 0) is 14.3 Å². The molecule has 3 atom stereocenters. The van der Waals surface area contributed by atoms with E-state index in [2.05, 4.69) is 56.5 Å². The molecule has 3 unspecified atom stereocenters. The number of rotatable bonds is 38. The summed E-state index contributed by atoms with van der Waals surface area (Å²) in [6, 6.07) is -0.713. The standard InChI is InChI=1S/C47H83NO5/c1-4-7-10-13-16-19-21-23-25-28-31-34-37-40-47(52)53-43(38-35-32-29-26-18-15-12-9-6-3)41-46(51)48-44(42-49)45(50)39-36-33-30-27-24-22-20-17-14-11-8-5-2/h7,10,13,15-16,18-19,21,23,25,43-45,49-50H,4-6,8-9,11-12,14,17,20,22,24,26-42H2,1-3H3,(H,48,51)/b10-7+,16-13+,18-15-,21-19-,25-23-. The van der Waals surface area contributed by atoms with Crippen LogP contribution in [0.25, 0.3) is 0 Å². The number of carbonyl (C=O) groups excluding carboxylic acids is 2. The molecular weight excluding hydrogens is 659 g/mol. The summed E-state index contributed by atoms with van der Waals surface area (Å²) in [5, 5.41) is 23.6. The van der Waals surface area contributed by atoms with Crippen LogP contribution >= 0.6 is 0 Å². The number of aliphatic hydroxyl groups excluding tert-OH is 2. The highest BCUT2D eigenvalue weighted by Gasteiger charge is 2.24. The molecule has 0 aromatic rings. The highest BCUT2D eigenvalue weighted by atomic mass is 16.5. The molecule has 0 saturated carbocycles. The average molecular weight is 742 g/mol. The third-order valence-electron chi connectivity index (χ3n) is 9.68. The van der Waals surface area contributed by atoms with E-state index in [9.17, 15) is 19.8 Å². The van der Waals surface area contributed by atoms with Crippen LogP contribution in [0.5, 0.6) is 0 Å². The van der Waals surface area contributed by atoms with Crippen molar-refractivity contribution in [3.8, 4) is 0 Å². The normalized spacial score (nSPS) is 14.0. The molecule has 306 valence electrons. The van der Waals surface area contributed by atoms with Crippen LogP contribution in [0.1, 0.15) is 201 Å². The van der Waals surface area contributed by atoms with Crippen LogP contribution in [-0.4, -0.2) is 46.9 Å². The van der Waals surface area contributed by atoms with Crippen molar-refractivity contribution in [1.82, 2.24) is 5.32 Å². The fraction of sp³-hybridized carbons (Fsp3) is 0.745. The first-order valence-electron chi connectivity index (χ1n) is 22.1. The molecule has 0 aromatic heterocycles. The first-order chi connectivity index (χ1) is 26.0. The van der Waals surface area contributed by atoms with Gasteiger partial charge in [-0.05, 0) is 64.2 Å². The Hall–Kier alpha value is -2.44. The summed E-state index contributed by atoms with van der Waals surface area (Å²) in [6.45, 7) is 6.26. The first kappa shape index (κ1) is 50.6. The van der Waals surface area contributed by atoms with Gasteiger partial charge in [-0.2, -0.15) is 0 Å². The Balaban J connectivity index is 4.63. The molecule has 0 rings (SSSR count). The van der Waals surface area contributed by atoms with Gasteiger partial charge in [-0.3, -0.25) is 9.59 Å². The summed E-state index contributed by atoms with van der Waals surface area (Å²) in [7, 11) is 0. The molecule has 0 radical (unpaired) electrons. The lowest BCUT2D eigenvalue weighted by molar-refractivity contribution is -0.151. The van der Waals surface area contributed by atoms with Crippen molar-refractivity contribution in [3.63, 3.8) is 0 Å². The predicted molar refractivity (Wildman–Crippen MR) is 227 cm³/mol. The lowest BCUT2D eigenvalue weighted by Gasteiger charge is -2.24. The number of esters is 1. The van der Waals surface area contributed by atoms with Gasteiger partial charge in [0, 0.05) is 6.42 Å². The van der Waals surface area contributed by atoms with E-state index in [1.54, 1.807) is 0 Å². The molecule has 6 heteroatoms. The molecule has 0 saturated heterocycles.